The molecular weight excluding hydrogens is 322 g/mol. The average molecular weight is 341 g/mol. The maximum absolute atomic E-state index is 4.72. The third-order valence-electron chi connectivity index (χ3n) is 4.87. The zero-order valence-electron chi connectivity index (χ0n) is 13.3. The summed E-state index contributed by atoms with van der Waals surface area (Å²) in [6, 6.07) is 5.62. The molecule has 0 spiro atoms. The summed E-state index contributed by atoms with van der Waals surface area (Å²) < 4.78 is 1.05. The van der Waals surface area contributed by atoms with Gasteiger partial charge in [-0.1, -0.05) is 0 Å². The molecule has 3 aromatic rings. The van der Waals surface area contributed by atoms with Gasteiger partial charge in [-0.3, -0.25) is 5.10 Å². The topological polar surface area (TPSA) is 90.6 Å². The third kappa shape index (κ3) is 2.42. The van der Waals surface area contributed by atoms with E-state index >= 15 is 0 Å². The molecule has 2 saturated heterocycles. The van der Waals surface area contributed by atoms with E-state index in [1.54, 1.807) is 11.3 Å². The quantitative estimate of drug-likeness (QED) is 0.583. The van der Waals surface area contributed by atoms with Gasteiger partial charge in [0.05, 0.1) is 10.2 Å². The highest BCUT2D eigenvalue weighted by atomic mass is 32.1. The number of aryl methyl sites for hydroxylation is 1. The van der Waals surface area contributed by atoms with E-state index < -0.39 is 0 Å². The number of thiophene rings is 1. The van der Waals surface area contributed by atoms with Gasteiger partial charge in [0.2, 0.25) is 5.95 Å². The molecule has 2 aliphatic heterocycles. The fraction of sp³-hybridized carbons (Fsp3) is 0.438. The smallest absolute Gasteiger partial charge is 0.225 e. The number of aromatic nitrogens is 4. The Bertz CT molecular complexity index is 886. The summed E-state index contributed by atoms with van der Waals surface area (Å²) in [5.41, 5.74) is 1.98. The van der Waals surface area contributed by atoms with E-state index in [-0.39, 0.29) is 0 Å². The van der Waals surface area contributed by atoms with Crippen LogP contribution >= 0.6 is 11.3 Å². The summed E-state index contributed by atoms with van der Waals surface area (Å²) in [5, 5.41) is 19.7. The number of rotatable bonds is 4. The summed E-state index contributed by atoms with van der Waals surface area (Å²) in [5.74, 6) is 2.27. The molecule has 124 valence electrons. The molecule has 5 rings (SSSR count). The van der Waals surface area contributed by atoms with Gasteiger partial charge in [-0.25, -0.2) is 4.98 Å². The van der Waals surface area contributed by atoms with E-state index in [1.807, 2.05) is 24.4 Å². The first kappa shape index (κ1) is 14.2. The van der Waals surface area contributed by atoms with Crippen LogP contribution in [0.25, 0.3) is 10.2 Å². The average Bonchev–Trinajstić information content (AvgIpc) is 3.31. The maximum atomic E-state index is 4.72. The molecule has 0 amide bonds. The lowest BCUT2D eigenvalue weighted by Crippen LogP contribution is -2.34. The maximum Gasteiger partial charge on any atom is 0.225 e. The normalized spacial score (nSPS) is 25.5. The predicted octanol–water partition coefficient (Wildman–Crippen LogP) is 2.77. The zero-order valence-corrected chi connectivity index (χ0v) is 14.2. The van der Waals surface area contributed by atoms with Crippen molar-refractivity contribution >= 4 is 39.1 Å². The molecule has 3 atom stereocenters. The van der Waals surface area contributed by atoms with Gasteiger partial charge in [0.25, 0.3) is 0 Å². The number of nitrogens with one attached hydrogen (secondary N) is 4. The van der Waals surface area contributed by atoms with E-state index in [1.165, 1.54) is 12.8 Å². The highest BCUT2D eigenvalue weighted by molar-refractivity contribution is 7.17. The molecule has 3 aromatic heterocycles. The molecule has 0 aliphatic carbocycles. The van der Waals surface area contributed by atoms with Crippen LogP contribution in [-0.4, -0.2) is 38.3 Å². The molecule has 8 heteroatoms. The summed E-state index contributed by atoms with van der Waals surface area (Å²) in [6.07, 6.45) is 3.68. The van der Waals surface area contributed by atoms with Gasteiger partial charge in [0, 0.05) is 29.9 Å². The summed E-state index contributed by atoms with van der Waals surface area (Å²) in [7, 11) is 0. The monoisotopic (exact) mass is 341 g/mol. The number of H-pyrrole nitrogens is 1. The van der Waals surface area contributed by atoms with Gasteiger partial charge < -0.3 is 16.0 Å². The van der Waals surface area contributed by atoms with Crippen molar-refractivity contribution in [3.8, 4) is 0 Å². The molecule has 0 saturated carbocycles. The molecule has 2 bridgehead atoms. The summed E-state index contributed by atoms with van der Waals surface area (Å²) in [6.45, 7) is 1.98. The van der Waals surface area contributed by atoms with Crippen molar-refractivity contribution in [2.24, 2.45) is 0 Å². The van der Waals surface area contributed by atoms with Crippen molar-refractivity contribution in [1.82, 2.24) is 25.5 Å². The van der Waals surface area contributed by atoms with E-state index in [9.17, 15) is 0 Å². The SMILES string of the molecule is Cc1cc(Nc2nc(N[C@@H]3C[C@@H]4CC[C@@H]3N4)nc3ccsc23)n[nH]1. The van der Waals surface area contributed by atoms with Crippen LogP contribution in [-0.2, 0) is 0 Å². The lowest BCUT2D eigenvalue weighted by Gasteiger charge is -2.21. The Morgan fingerprint density at radius 3 is 3.00 bits per heavy atom. The van der Waals surface area contributed by atoms with Crippen LogP contribution in [0.3, 0.4) is 0 Å². The highest BCUT2D eigenvalue weighted by Gasteiger charge is 2.39. The Balaban J connectivity index is 1.46. The van der Waals surface area contributed by atoms with E-state index in [4.69, 9.17) is 4.98 Å². The van der Waals surface area contributed by atoms with E-state index in [0.717, 1.165) is 34.0 Å². The summed E-state index contributed by atoms with van der Waals surface area (Å²) >= 11 is 1.64. The fourth-order valence-corrected chi connectivity index (χ4v) is 4.54. The first-order chi connectivity index (χ1) is 11.7. The van der Waals surface area contributed by atoms with Crippen LogP contribution in [0.15, 0.2) is 17.5 Å². The Labute approximate surface area is 143 Å². The lowest BCUT2D eigenvalue weighted by atomic mass is 9.96. The van der Waals surface area contributed by atoms with Crippen LogP contribution in [0.4, 0.5) is 17.6 Å². The van der Waals surface area contributed by atoms with Crippen LogP contribution in [0, 0.1) is 6.92 Å². The molecule has 5 heterocycles. The second-order valence-electron chi connectivity index (χ2n) is 6.63. The van der Waals surface area contributed by atoms with Gasteiger partial charge in [-0.05, 0) is 37.6 Å². The Morgan fingerprint density at radius 1 is 1.29 bits per heavy atom. The van der Waals surface area contributed by atoms with Crippen LogP contribution in [0.2, 0.25) is 0 Å². The van der Waals surface area contributed by atoms with Crippen LogP contribution in [0.5, 0.6) is 0 Å². The van der Waals surface area contributed by atoms with Crippen LogP contribution < -0.4 is 16.0 Å². The standard InChI is InChI=1S/C16H19N7S/c1-8-6-13(23-22-8)20-15-14-11(4-5-24-14)18-16(21-15)19-12-7-9-2-3-10(12)17-9/h4-6,9-10,12,17H,2-3,7H2,1H3,(H3,18,19,20,21,22,23)/t9-,10-,12+/m0/s1. The molecule has 0 aromatic carbocycles. The Kier molecular flexibility index (Phi) is 3.20. The molecule has 7 nitrogen and oxygen atoms in total. The number of nitrogens with zero attached hydrogens (tertiary/aromatic N) is 3. The molecule has 24 heavy (non-hydrogen) atoms. The van der Waals surface area contributed by atoms with Crippen LogP contribution in [0.1, 0.15) is 25.0 Å². The molecule has 2 aliphatic rings. The molecule has 0 radical (unpaired) electrons. The van der Waals surface area contributed by atoms with Crippen molar-refractivity contribution in [1.29, 1.82) is 0 Å². The van der Waals surface area contributed by atoms with Crippen molar-refractivity contribution in [2.75, 3.05) is 10.6 Å². The lowest BCUT2D eigenvalue weighted by molar-refractivity contribution is 0.525. The summed E-state index contributed by atoms with van der Waals surface area (Å²) in [4.78, 5) is 9.40. The minimum Gasteiger partial charge on any atom is -0.350 e. The largest absolute Gasteiger partial charge is 0.350 e. The van der Waals surface area contributed by atoms with E-state index in [0.29, 0.717) is 24.1 Å². The van der Waals surface area contributed by atoms with Crippen molar-refractivity contribution < 1.29 is 0 Å². The number of anilines is 3. The minimum absolute atomic E-state index is 0.417. The second kappa shape index (κ2) is 5.42. The van der Waals surface area contributed by atoms with Gasteiger partial charge in [-0.2, -0.15) is 10.1 Å². The molecule has 4 N–H and O–H groups in total. The predicted molar refractivity (Wildman–Crippen MR) is 96.0 cm³/mol. The van der Waals surface area contributed by atoms with Gasteiger partial charge in [0.1, 0.15) is 0 Å². The number of aromatic amines is 1. The Morgan fingerprint density at radius 2 is 2.25 bits per heavy atom. The van der Waals surface area contributed by atoms with Crippen molar-refractivity contribution in [3.63, 3.8) is 0 Å². The third-order valence-corrected chi connectivity index (χ3v) is 5.78. The molecular formula is C16H19N7S. The zero-order chi connectivity index (χ0) is 16.1. The van der Waals surface area contributed by atoms with E-state index in [2.05, 4.69) is 31.1 Å². The number of hydrogen-bond acceptors (Lipinski definition) is 7. The minimum atomic E-state index is 0.417. The second-order valence-corrected chi connectivity index (χ2v) is 7.54. The van der Waals surface area contributed by atoms with Crippen molar-refractivity contribution in [3.05, 3.63) is 23.2 Å². The number of hydrogen-bond donors (Lipinski definition) is 4. The van der Waals surface area contributed by atoms with Gasteiger partial charge in [0.15, 0.2) is 11.6 Å². The van der Waals surface area contributed by atoms with Crippen molar-refractivity contribution in [2.45, 2.75) is 44.3 Å². The van der Waals surface area contributed by atoms with Gasteiger partial charge >= 0.3 is 0 Å². The molecule has 2 fully saturated rings. The first-order valence-electron chi connectivity index (χ1n) is 8.31. The fourth-order valence-electron chi connectivity index (χ4n) is 3.77. The Hall–Kier alpha value is -2.19. The highest BCUT2D eigenvalue weighted by Crippen LogP contribution is 2.32. The van der Waals surface area contributed by atoms with Gasteiger partial charge in [-0.15, -0.1) is 11.3 Å². The number of fused-ring (bicyclic) bond motifs is 3. The molecule has 0 unspecified atom stereocenters. The first-order valence-corrected chi connectivity index (χ1v) is 9.19.